The van der Waals surface area contributed by atoms with Crippen molar-refractivity contribution in [3.8, 4) is 0 Å². The molecule has 5 heteroatoms. The monoisotopic (exact) mass is 396 g/mol. The number of benzene rings is 3. The normalized spacial score (nSPS) is 12.7. The second kappa shape index (κ2) is 7.59. The van der Waals surface area contributed by atoms with Gasteiger partial charge in [0.2, 0.25) is 0 Å². The van der Waals surface area contributed by atoms with Crippen LogP contribution in [0.5, 0.6) is 0 Å². The predicted molar refractivity (Wildman–Crippen MR) is 117 cm³/mol. The van der Waals surface area contributed by atoms with Crippen molar-refractivity contribution in [3.05, 3.63) is 83.6 Å². The topological polar surface area (TPSA) is 68.3 Å². The highest BCUT2D eigenvalue weighted by molar-refractivity contribution is 6.07. The molecule has 0 aliphatic heterocycles. The summed E-state index contributed by atoms with van der Waals surface area (Å²) in [6, 6.07) is 21.1. The molecule has 3 aromatic carbocycles. The number of fused-ring (bicyclic) bond motifs is 3. The average molecular weight is 396 g/mol. The Hall–Kier alpha value is -3.73. The maximum absolute atomic E-state index is 13.0. The van der Waals surface area contributed by atoms with Gasteiger partial charge in [-0.2, -0.15) is 0 Å². The van der Waals surface area contributed by atoms with Crippen LogP contribution in [0, 0.1) is 0 Å². The molecular weight excluding hydrogens is 376 g/mol. The van der Waals surface area contributed by atoms with Crippen LogP contribution in [-0.2, 0) is 22.4 Å². The van der Waals surface area contributed by atoms with Gasteiger partial charge < -0.3 is 10.1 Å². The van der Waals surface area contributed by atoms with Gasteiger partial charge in [0, 0.05) is 22.2 Å². The Morgan fingerprint density at radius 1 is 0.900 bits per heavy atom. The van der Waals surface area contributed by atoms with E-state index < -0.39 is 5.97 Å². The maximum Gasteiger partial charge on any atom is 0.339 e. The Bertz CT molecular complexity index is 1290. The summed E-state index contributed by atoms with van der Waals surface area (Å²) in [7, 11) is 0. The van der Waals surface area contributed by atoms with Crippen molar-refractivity contribution in [2.24, 2.45) is 0 Å². The third kappa shape index (κ3) is 3.28. The van der Waals surface area contributed by atoms with Gasteiger partial charge in [-0.25, -0.2) is 4.79 Å². The van der Waals surface area contributed by atoms with Crippen LogP contribution >= 0.6 is 0 Å². The number of hydrogen-bond donors (Lipinski definition) is 1. The smallest absolute Gasteiger partial charge is 0.339 e. The summed E-state index contributed by atoms with van der Waals surface area (Å²) in [5.41, 5.74) is 3.94. The fourth-order valence-corrected chi connectivity index (χ4v) is 4.17. The number of rotatable bonds is 4. The molecule has 5 nitrogen and oxygen atoms in total. The van der Waals surface area contributed by atoms with Crippen LogP contribution in [0.25, 0.3) is 21.7 Å². The highest BCUT2D eigenvalue weighted by Gasteiger charge is 2.25. The molecule has 0 radical (unpaired) electrons. The van der Waals surface area contributed by atoms with E-state index in [-0.39, 0.29) is 12.5 Å². The van der Waals surface area contributed by atoms with Crippen molar-refractivity contribution < 1.29 is 14.3 Å². The van der Waals surface area contributed by atoms with Crippen LogP contribution < -0.4 is 5.32 Å². The lowest BCUT2D eigenvalue weighted by Gasteiger charge is -2.13. The Labute approximate surface area is 173 Å². The zero-order valence-electron chi connectivity index (χ0n) is 16.4. The number of ether oxygens (including phenoxy) is 1. The number of carbonyl (C=O) groups is 2. The van der Waals surface area contributed by atoms with Gasteiger partial charge in [0.05, 0.1) is 11.1 Å². The van der Waals surface area contributed by atoms with Crippen LogP contribution in [0.2, 0.25) is 0 Å². The van der Waals surface area contributed by atoms with Crippen LogP contribution in [0.15, 0.2) is 66.7 Å². The molecular formula is C25H20N2O3. The van der Waals surface area contributed by atoms with E-state index in [1.54, 1.807) is 0 Å². The van der Waals surface area contributed by atoms with Crippen LogP contribution in [0.3, 0.4) is 0 Å². The third-order valence-electron chi connectivity index (χ3n) is 5.52. The van der Waals surface area contributed by atoms with Crippen molar-refractivity contribution in [1.29, 1.82) is 0 Å². The van der Waals surface area contributed by atoms with Gasteiger partial charge in [-0.05, 0) is 42.3 Å². The molecule has 0 saturated carbocycles. The fourth-order valence-electron chi connectivity index (χ4n) is 4.17. The first-order chi connectivity index (χ1) is 14.7. The molecule has 30 heavy (non-hydrogen) atoms. The van der Waals surface area contributed by atoms with Crippen LogP contribution in [-0.4, -0.2) is 23.5 Å². The Morgan fingerprint density at radius 3 is 2.57 bits per heavy atom. The molecule has 0 spiro atoms. The average Bonchev–Trinajstić information content (AvgIpc) is 3.24. The molecule has 148 valence electrons. The van der Waals surface area contributed by atoms with E-state index in [0.29, 0.717) is 11.3 Å². The fraction of sp³-hybridized carbons (Fsp3) is 0.160. The number of nitrogens with zero attached hydrogens (tertiary/aromatic N) is 1. The van der Waals surface area contributed by atoms with Crippen molar-refractivity contribution in [2.45, 2.75) is 19.3 Å². The summed E-state index contributed by atoms with van der Waals surface area (Å²) in [6.45, 7) is -0.340. The number of carbonyl (C=O) groups excluding carboxylic acids is 2. The molecule has 5 rings (SSSR count). The lowest BCUT2D eigenvalue weighted by molar-refractivity contribution is -0.119. The number of amides is 1. The quantitative estimate of drug-likeness (QED) is 0.509. The standard InChI is InChI=1S/C25H20N2O3/c28-23(27-20-13-5-8-16-7-1-2-9-17(16)20)15-30-25(29)24-18-10-3-4-12-21(18)26-22-14-6-11-19(22)24/h1-5,7-10,12-13H,6,11,14-15H2,(H,27,28). The molecule has 0 bridgehead atoms. The van der Waals surface area contributed by atoms with Crippen molar-refractivity contribution in [3.63, 3.8) is 0 Å². The number of aryl methyl sites for hydroxylation is 1. The first-order valence-corrected chi connectivity index (χ1v) is 10.1. The predicted octanol–water partition coefficient (Wildman–Crippen LogP) is 4.67. The highest BCUT2D eigenvalue weighted by atomic mass is 16.5. The van der Waals surface area contributed by atoms with Gasteiger partial charge in [0.1, 0.15) is 0 Å². The highest BCUT2D eigenvalue weighted by Crippen LogP contribution is 2.30. The number of pyridine rings is 1. The second-order valence-electron chi connectivity index (χ2n) is 7.43. The van der Waals surface area contributed by atoms with Crippen molar-refractivity contribution in [1.82, 2.24) is 4.98 Å². The molecule has 1 N–H and O–H groups in total. The number of para-hydroxylation sites is 1. The van der Waals surface area contributed by atoms with E-state index in [1.165, 1.54) is 0 Å². The second-order valence-corrected chi connectivity index (χ2v) is 7.43. The Kier molecular flexibility index (Phi) is 4.64. The lowest BCUT2D eigenvalue weighted by Crippen LogP contribution is -2.22. The van der Waals surface area contributed by atoms with E-state index >= 15 is 0 Å². The first kappa shape index (κ1) is 18.3. The van der Waals surface area contributed by atoms with Gasteiger partial charge in [-0.15, -0.1) is 0 Å². The lowest BCUT2D eigenvalue weighted by atomic mass is 10.0. The van der Waals surface area contributed by atoms with Crippen molar-refractivity contribution in [2.75, 3.05) is 11.9 Å². The molecule has 0 fully saturated rings. The number of aromatic nitrogens is 1. The number of nitrogens with one attached hydrogen (secondary N) is 1. The van der Waals surface area contributed by atoms with E-state index in [2.05, 4.69) is 5.32 Å². The zero-order valence-corrected chi connectivity index (χ0v) is 16.4. The molecule has 0 unspecified atom stereocenters. The molecule has 1 amide bonds. The van der Waals surface area contributed by atoms with E-state index in [0.717, 1.165) is 52.2 Å². The molecule has 1 heterocycles. The summed E-state index contributed by atoms with van der Waals surface area (Å²) in [6.07, 6.45) is 2.64. The van der Waals surface area contributed by atoms with Gasteiger partial charge in [0.15, 0.2) is 6.61 Å². The summed E-state index contributed by atoms with van der Waals surface area (Å²) in [5, 5.41) is 5.60. The Balaban J connectivity index is 1.36. The van der Waals surface area contributed by atoms with E-state index in [9.17, 15) is 9.59 Å². The first-order valence-electron chi connectivity index (χ1n) is 10.1. The van der Waals surface area contributed by atoms with E-state index in [4.69, 9.17) is 9.72 Å². The molecule has 1 aromatic heterocycles. The van der Waals surface area contributed by atoms with Gasteiger partial charge in [0.25, 0.3) is 5.91 Å². The molecule has 1 aliphatic carbocycles. The van der Waals surface area contributed by atoms with E-state index in [1.807, 2.05) is 66.7 Å². The molecule has 1 aliphatic rings. The minimum Gasteiger partial charge on any atom is -0.452 e. The number of hydrogen-bond acceptors (Lipinski definition) is 4. The van der Waals surface area contributed by atoms with Crippen LogP contribution in [0.1, 0.15) is 28.0 Å². The van der Waals surface area contributed by atoms with Gasteiger partial charge in [-0.1, -0.05) is 54.6 Å². The summed E-state index contributed by atoms with van der Waals surface area (Å²) >= 11 is 0. The summed E-state index contributed by atoms with van der Waals surface area (Å²) < 4.78 is 5.43. The third-order valence-corrected chi connectivity index (χ3v) is 5.52. The minimum absolute atomic E-state index is 0.340. The summed E-state index contributed by atoms with van der Waals surface area (Å²) in [5.74, 6) is -0.838. The molecule has 0 atom stereocenters. The number of esters is 1. The number of anilines is 1. The van der Waals surface area contributed by atoms with Gasteiger partial charge in [-0.3, -0.25) is 9.78 Å². The van der Waals surface area contributed by atoms with Gasteiger partial charge >= 0.3 is 5.97 Å². The SMILES string of the molecule is O=C(COC(=O)c1c2c(nc3ccccc13)CCC2)Nc1cccc2ccccc12. The van der Waals surface area contributed by atoms with Crippen LogP contribution in [0.4, 0.5) is 5.69 Å². The van der Waals surface area contributed by atoms with Crippen molar-refractivity contribution >= 4 is 39.2 Å². The summed E-state index contributed by atoms with van der Waals surface area (Å²) in [4.78, 5) is 30.1. The minimum atomic E-state index is -0.472. The molecule has 4 aromatic rings. The Morgan fingerprint density at radius 2 is 1.67 bits per heavy atom. The maximum atomic E-state index is 13.0. The largest absolute Gasteiger partial charge is 0.452 e. The zero-order chi connectivity index (χ0) is 20.5. The molecule has 0 saturated heterocycles.